The van der Waals surface area contributed by atoms with E-state index in [1.807, 2.05) is 24.3 Å². The molecule has 1 heterocycles. The Morgan fingerprint density at radius 2 is 2.00 bits per heavy atom. The van der Waals surface area contributed by atoms with E-state index in [1.165, 1.54) is 13.3 Å². The molecule has 0 bridgehead atoms. The average molecular weight is 219 g/mol. The monoisotopic (exact) mass is 219 g/mol. The topological polar surface area (TPSA) is 71.8 Å². The Kier molecular flexibility index (Phi) is 2.94. The Balaban J connectivity index is 2.58. The summed E-state index contributed by atoms with van der Waals surface area (Å²) >= 11 is 0. The lowest BCUT2D eigenvalue weighted by Crippen LogP contribution is -2.21. The molecule has 0 fully saturated rings. The van der Waals surface area contributed by atoms with Crippen molar-refractivity contribution >= 4 is 18.2 Å². The number of fused-ring (bicyclic) bond motifs is 1. The van der Waals surface area contributed by atoms with Gasteiger partial charge >= 0.3 is 7.32 Å². The summed E-state index contributed by atoms with van der Waals surface area (Å²) in [6, 6.07) is 7.34. The second-order valence-corrected chi connectivity index (χ2v) is 3.12. The van der Waals surface area contributed by atoms with Gasteiger partial charge in [-0.25, -0.2) is 0 Å². The fourth-order valence-corrected chi connectivity index (χ4v) is 1.51. The van der Waals surface area contributed by atoms with Crippen LogP contribution in [-0.2, 0) is 0 Å². The molecule has 0 radical (unpaired) electrons. The van der Waals surface area contributed by atoms with E-state index >= 15 is 0 Å². The first-order valence-corrected chi connectivity index (χ1v) is 4.67. The van der Waals surface area contributed by atoms with E-state index < -0.39 is 7.32 Å². The summed E-state index contributed by atoms with van der Waals surface area (Å²) in [5.41, 5.74) is 0.749. The largest absolute Gasteiger partial charge is 0.707 e. The zero-order valence-electron chi connectivity index (χ0n) is 8.62. The molecule has 0 aliphatic rings. The second-order valence-electron chi connectivity index (χ2n) is 3.12. The number of ether oxygens (including phenoxy) is 1. The highest BCUT2D eigenvalue weighted by Gasteiger charge is 2.17. The molecule has 2 aromatic rings. The molecule has 0 unspecified atom stereocenters. The van der Waals surface area contributed by atoms with Gasteiger partial charge in [-0.1, -0.05) is 12.1 Å². The summed E-state index contributed by atoms with van der Waals surface area (Å²) in [5, 5.41) is 18.2. The van der Waals surface area contributed by atoms with Crippen molar-refractivity contribution in [2.24, 2.45) is 0 Å². The molecular formula is C10H10BNO4. The Morgan fingerprint density at radius 1 is 1.25 bits per heavy atom. The van der Waals surface area contributed by atoms with Crippen LogP contribution in [0.2, 0.25) is 0 Å². The highest BCUT2D eigenvalue weighted by Crippen LogP contribution is 2.33. The molecule has 0 saturated heterocycles. The molecule has 16 heavy (non-hydrogen) atoms. The zero-order valence-corrected chi connectivity index (χ0v) is 8.62. The van der Waals surface area contributed by atoms with Crippen molar-refractivity contribution < 1.29 is 19.4 Å². The average Bonchev–Trinajstić information content (AvgIpc) is 2.28. The summed E-state index contributed by atoms with van der Waals surface area (Å²) in [5.74, 6) is 0.620. The number of para-hydroxylation sites is 1. The number of benzene rings is 1. The number of aromatic nitrogens is 1. The summed E-state index contributed by atoms with van der Waals surface area (Å²) in [7, 11) is -0.407. The van der Waals surface area contributed by atoms with Gasteiger partial charge in [0, 0.05) is 5.39 Å². The third-order valence-electron chi connectivity index (χ3n) is 2.13. The van der Waals surface area contributed by atoms with Crippen LogP contribution in [0, 0.1) is 0 Å². The predicted octanol–water partition coefficient (Wildman–Crippen LogP) is 0.592. The van der Waals surface area contributed by atoms with Gasteiger partial charge in [0.25, 0.3) is 0 Å². The van der Waals surface area contributed by atoms with Gasteiger partial charge in [0.15, 0.2) is 11.5 Å². The lowest BCUT2D eigenvalue weighted by atomic mass is 10.2. The minimum absolute atomic E-state index is 0.191. The number of rotatable bonds is 3. The lowest BCUT2D eigenvalue weighted by molar-refractivity contribution is 0.279. The Hall–Kier alpha value is -1.79. The third-order valence-corrected chi connectivity index (χ3v) is 2.13. The standard InChI is InChI=1S/C10H10BNO4/c1-15-10-7-4-2-3-5-8(7)12-6-9(10)16-11(13)14/h2-6,13-14H,1H3. The highest BCUT2D eigenvalue weighted by molar-refractivity contribution is 6.33. The van der Waals surface area contributed by atoms with Crippen LogP contribution in [-0.4, -0.2) is 29.5 Å². The number of methoxy groups -OCH3 is 1. The maximum absolute atomic E-state index is 8.75. The van der Waals surface area contributed by atoms with Gasteiger partial charge in [0.1, 0.15) is 0 Å². The van der Waals surface area contributed by atoms with Gasteiger partial charge in [-0.05, 0) is 12.1 Å². The molecule has 0 amide bonds. The van der Waals surface area contributed by atoms with E-state index in [2.05, 4.69) is 4.98 Å². The van der Waals surface area contributed by atoms with Crippen molar-refractivity contribution in [2.75, 3.05) is 7.11 Å². The van der Waals surface area contributed by atoms with Crippen molar-refractivity contribution in [1.29, 1.82) is 0 Å². The first-order valence-electron chi connectivity index (χ1n) is 4.67. The Labute approximate surface area is 92.4 Å². The molecular weight excluding hydrogens is 209 g/mol. The Morgan fingerprint density at radius 3 is 2.69 bits per heavy atom. The maximum Gasteiger partial charge on any atom is 0.707 e. The van der Waals surface area contributed by atoms with Gasteiger partial charge in [0.2, 0.25) is 0 Å². The van der Waals surface area contributed by atoms with Gasteiger partial charge < -0.3 is 19.4 Å². The molecule has 0 atom stereocenters. The summed E-state index contributed by atoms with van der Waals surface area (Å²) < 4.78 is 9.94. The summed E-state index contributed by atoms with van der Waals surface area (Å²) in [6.45, 7) is 0. The van der Waals surface area contributed by atoms with E-state index in [0.29, 0.717) is 5.75 Å². The Bertz CT molecular complexity index is 503. The molecule has 82 valence electrons. The molecule has 2 rings (SSSR count). The van der Waals surface area contributed by atoms with Crippen LogP contribution in [0.15, 0.2) is 30.5 Å². The molecule has 2 N–H and O–H groups in total. The van der Waals surface area contributed by atoms with Crippen LogP contribution in [0.25, 0.3) is 10.9 Å². The van der Waals surface area contributed by atoms with E-state index in [-0.39, 0.29) is 5.75 Å². The molecule has 6 heteroatoms. The fourth-order valence-electron chi connectivity index (χ4n) is 1.51. The van der Waals surface area contributed by atoms with Crippen LogP contribution in [0.1, 0.15) is 0 Å². The molecule has 0 aliphatic carbocycles. The third kappa shape index (κ3) is 1.93. The van der Waals surface area contributed by atoms with Crippen LogP contribution >= 0.6 is 0 Å². The first kappa shape index (κ1) is 10.7. The lowest BCUT2D eigenvalue weighted by Gasteiger charge is -2.11. The van der Waals surface area contributed by atoms with Gasteiger partial charge in [-0.15, -0.1) is 0 Å². The first-order chi connectivity index (χ1) is 7.72. The van der Waals surface area contributed by atoms with Gasteiger partial charge in [-0.3, -0.25) is 4.98 Å². The van der Waals surface area contributed by atoms with Crippen LogP contribution in [0.4, 0.5) is 0 Å². The summed E-state index contributed by atoms with van der Waals surface area (Å²) in [4.78, 5) is 4.12. The molecule has 1 aromatic carbocycles. The van der Waals surface area contributed by atoms with E-state index in [9.17, 15) is 0 Å². The second kappa shape index (κ2) is 4.38. The number of hydrogen-bond donors (Lipinski definition) is 2. The van der Waals surface area contributed by atoms with Crippen LogP contribution in [0.3, 0.4) is 0 Å². The maximum atomic E-state index is 8.75. The SMILES string of the molecule is COc1c(OB(O)O)cnc2ccccc12. The van der Waals surface area contributed by atoms with E-state index in [0.717, 1.165) is 10.9 Å². The van der Waals surface area contributed by atoms with E-state index in [4.69, 9.17) is 19.4 Å². The van der Waals surface area contributed by atoms with Crippen molar-refractivity contribution in [3.8, 4) is 11.5 Å². The van der Waals surface area contributed by atoms with Crippen LogP contribution < -0.4 is 9.39 Å². The zero-order chi connectivity index (χ0) is 11.5. The fraction of sp³-hybridized carbons (Fsp3) is 0.100. The number of nitrogens with zero attached hydrogens (tertiary/aromatic N) is 1. The molecule has 0 saturated carbocycles. The van der Waals surface area contributed by atoms with Crippen molar-refractivity contribution in [1.82, 2.24) is 4.98 Å². The normalized spacial score (nSPS) is 10.2. The van der Waals surface area contributed by atoms with E-state index in [1.54, 1.807) is 0 Å². The smallest absolute Gasteiger partial charge is 0.508 e. The molecule has 0 spiro atoms. The minimum atomic E-state index is -1.89. The molecule has 1 aromatic heterocycles. The number of pyridine rings is 1. The van der Waals surface area contributed by atoms with Crippen LogP contribution in [0.5, 0.6) is 11.5 Å². The van der Waals surface area contributed by atoms with Crippen molar-refractivity contribution in [2.45, 2.75) is 0 Å². The van der Waals surface area contributed by atoms with Gasteiger partial charge in [-0.2, -0.15) is 0 Å². The quantitative estimate of drug-likeness (QED) is 0.739. The van der Waals surface area contributed by atoms with Gasteiger partial charge in [0.05, 0.1) is 18.8 Å². The highest BCUT2D eigenvalue weighted by atomic mass is 16.6. The van der Waals surface area contributed by atoms with Crippen molar-refractivity contribution in [3.05, 3.63) is 30.5 Å². The predicted molar refractivity (Wildman–Crippen MR) is 59.1 cm³/mol. The summed E-state index contributed by atoms with van der Waals surface area (Å²) in [6.07, 6.45) is 1.39. The molecule has 5 nitrogen and oxygen atoms in total. The number of hydrogen-bond acceptors (Lipinski definition) is 5. The molecule has 0 aliphatic heterocycles. The minimum Gasteiger partial charge on any atom is -0.508 e. The van der Waals surface area contributed by atoms with Crippen molar-refractivity contribution in [3.63, 3.8) is 0 Å².